The molecule has 0 unspecified atom stereocenters. The van der Waals surface area contributed by atoms with Crippen LogP contribution in [0.4, 0.5) is 17.6 Å². The third-order valence-electron chi connectivity index (χ3n) is 3.77. The first-order chi connectivity index (χ1) is 13.9. The molecule has 0 saturated heterocycles. The van der Waals surface area contributed by atoms with Gasteiger partial charge >= 0.3 is 17.8 Å². The van der Waals surface area contributed by atoms with Gasteiger partial charge in [0.25, 0.3) is 5.56 Å². The second kappa shape index (κ2) is 8.61. The molecule has 0 radical (unpaired) electrons. The number of aliphatic carboxylic acids is 1. The van der Waals surface area contributed by atoms with Gasteiger partial charge in [0.15, 0.2) is 0 Å². The molecule has 0 aliphatic heterocycles. The number of ether oxygens (including phenoxy) is 2. The Hall–Kier alpha value is -3.28. The number of carbonyl (C=O) groups is 1. The quantitative estimate of drug-likeness (QED) is 0.410. The molecule has 2 aromatic rings. The fourth-order valence-electron chi connectivity index (χ4n) is 2.37. The molecular formula is C17H13ClF4N2O6. The van der Waals surface area contributed by atoms with E-state index in [0.717, 1.165) is 13.1 Å². The van der Waals surface area contributed by atoms with E-state index in [4.69, 9.17) is 26.2 Å². The van der Waals surface area contributed by atoms with Gasteiger partial charge in [-0.2, -0.15) is 13.2 Å². The average Bonchev–Trinajstić information content (AvgIpc) is 2.63. The standard InChI is InChI=1S/C17H13ClF4N2O6/c1-23-13(17(20,21)22)6-14(25)24(16(23)28)11-5-12(9(18)4-10(11)19)30-7-8(29-2)3-15(26)27/h3-6H,7H2,1-2H3,(H,26,27)/b8-3-. The third-order valence-corrected chi connectivity index (χ3v) is 4.06. The van der Waals surface area contributed by atoms with Crippen LogP contribution in [-0.2, 0) is 22.8 Å². The van der Waals surface area contributed by atoms with Crippen LogP contribution in [0.25, 0.3) is 5.69 Å². The number of rotatable bonds is 6. The van der Waals surface area contributed by atoms with Crippen molar-refractivity contribution in [2.45, 2.75) is 6.18 Å². The van der Waals surface area contributed by atoms with Crippen molar-refractivity contribution in [2.75, 3.05) is 13.7 Å². The van der Waals surface area contributed by atoms with E-state index in [1.165, 1.54) is 7.11 Å². The number of methoxy groups -OCH3 is 1. The highest BCUT2D eigenvalue weighted by Gasteiger charge is 2.35. The zero-order chi connectivity index (χ0) is 22.8. The summed E-state index contributed by atoms with van der Waals surface area (Å²) in [6, 6.07) is 1.65. The maximum Gasteiger partial charge on any atom is 0.431 e. The molecule has 0 bridgehead atoms. The van der Waals surface area contributed by atoms with Gasteiger partial charge in [0.05, 0.1) is 23.9 Å². The minimum absolute atomic E-state index is 0.146. The summed E-state index contributed by atoms with van der Waals surface area (Å²) in [6.07, 6.45) is -4.29. The number of carboxylic acid groups (broad SMARTS) is 1. The number of carboxylic acids is 1. The first-order valence-electron chi connectivity index (χ1n) is 7.86. The Kier molecular flexibility index (Phi) is 6.60. The van der Waals surface area contributed by atoms with Crippen LogP contribution in [0.3, 0.4) is 0 Å². The maximum absolute atomic E-state index is 14.4. The first-order valence-corrected chi connectivity index (χ1v) is 8.24. The number of benzene rings is 1. The van der Waals surface area contributed by atoms with Crippen molar-refractivity contribution in [3.8, 4) is 11.4 Å². The lowest BCUT2D eigenvalue weighted by Gasteiger charge is -2.16. The van der Waals surface area contributed by atoms with Crippen molar-refractivity contribution in [3.05, 3.63) is 67.4 Å². The highest BCUT2D eigenvalue weighted by molar-refractivity contribution is 6.32. The van der Waals surface area contributed by atoms with Crippen molar-refractivity contribution in [3.63, 3.8) is 0 Å². The second-order valence-corrected chi connectivity index (χ2v) is 6.13. The molecule has 0 amide bonds. The summed E-state index contributed by atoms with van der Waals surface area (Å²) >= 11 is 5.86. The van der Waals surface area contributed by atoms with Crippen LogP contribution in [0, 0.1) is 5.82 Å². The number of halogens is 5. The number of alkyl halides is 3. The van der Waals surface area contributed by atoms with E-state index in [2.05, 4.69) is 0 Å². The van der Waals surface area contributed by atoms with E-state index >= 15 is 0 Å². The van der Waals surface area contributed by atoms with Gasteiger partial charge in [-0.15, -0.1) is 0 Å². The molecule has 1 aromatic carbocycles. The van der Waals surface area contributed by atoms with Gasteiger partial charge in [0.2, 0.25) is 0 Å². The number of hydrogen-bond donors (Lipinski definition) is 1. The molecule has 8 nitrogen and oxygen atoms in total. The number of nitrogens with zero attached hydrogens (tertiary/aromatic N) is 2. The highest BCUT2D eigenvalue weighted by atomic mass is 35.5. The molecule has 1 N–H and O–H groups in total. The van der Waals surface area contributed by atoms with Crippen LogP contribution in [0.1, 0.15) is 5.69 Å². The normalized spacial score (nSPS) is 12.0. The van der Waals surface area contributed by atoms with E-state index in [1.54, 1.807) is 0 Å². The Morgan fingerprint density at radius 3 is 2.43 bits per heavy atom. The van der Waals surface area contributed by atoms with E-state index in [-0.39, 0.29) is 31.7 Å². The fourth-order valence-corrected chi connectivity index (χ4v) is 2.57. The molecular weight excluding hydrogens is 440 g/mol. The lowest BCUT2D eigenvalue weighted by Crippen LogP contribution is -2.41. The monoisotopic (exact) mass is 452 g/mol. The molecule has 1 aromatic heterocycles. The van der Waals surface area contributed by atoms with E-state index in [0.29, 0.717) is 12.1 Å². The third kappa shape index (κ3) is 4.82. The predicted octanol–water partition coefficient (Wildman–Crippen LogP) is 2.34. The molecule has 2 rings (SSSR count). The molecule has 0 aliphatic carbocycles. The van der Waals surface area contributed by atoms with Crippen LogP contribution in [0.2, 0.25) is 5.02 Å². The molecule has 0 spiro atoms. The zero-order valence-corrected chi connectivity index (χ0v) is 16.0. The lowest BCUT2D eigenvalue weighted by molar-refractivity contribution is -0.144. The van der Waals surface area contributed by atoms with Crippen molar-refractivity contribution in [1.82, 2.24) is 9.13 Å². The largest absolute Gasteiger partial charge is 0.497 e. The Morgan fingerprint density at radius 1 is 1.27 bits per heavy atom. The van der Waals surface area contributed by atoms with Gasteiger partial charge in [-0.25, -0.2) is 18.5 Å². The van der Waals surface area contributed by atoms with Gasteiger partial charge in [-0.3, -0.25) is 9.36 Å². The summed E-state index contributed by atoms with van der Waals surface area (Å²) in [5, 5.41) is 8.41. The Bertz CT molecular complexity index is 1140. The van der Waals surface area contributed by atoms with Gasteiger partial charge < -0.3 is 14.6 Å². The van der Waals surface area contributed by atoms with Crippen LogP contribution in [0.15, 0.2) is 39.6 Å². The fraction of sp³-hybridized carbons (Fsp3) is 0.235. The minimum atomic E-state index is -4.98. The van der Waals surface area contributed by atoms with Gasteiger partial charge in [0, 0.05) is 19.2 Å². The minimum Gasteiger partial charge on any atom is -0.497 e. The molecule has 162 valence electrons. The molecule has 0 aliphatic rings. The van der Waals surface area contributed by atoms with E-state index in [9.17, 15) is 31.9 Å². The topological polar surface area (TPSA) is 99.8 Å². The molecule has 30 heavy (non-hydrogen) atoms. The van der Waals surface area contributed by atoms with Crippen molar-refractivity contribution >= 4 is 17.6 Å². The summed E-state index contributed by atoms with van der Waals surface area (Å²) < 4.78 is 63.6. The van der Waals surface area contributed by atoms with E-state index < -0.39 is 47.2 Å². The van der Waals surface area contributed by atoms with Crippen molar-refractivity contribution in [2.24, 2.45) is 7.05 Å². The van der Waals surface area contributed by atoms with E-state index in [1.807, 2.05) is 0 Å². The molecule has 0 saturated carbocycles. The first kappa shape index (κ1) is 23.0. The zero-order valence-electron chi connectivity index (χ0n) is 15.3. The highest BCUT2D eigenvalue weighted by Crippen LogP contribution is 2.30. The summed E-state index contributed by atoms with van der Waals surface area (Å²) in [4.78, 5) is 35.2. The lowest BCUT2D eigenvalue weighted by atomic mass is 10.2. The van der Waals surface area contributed by atoms with Crippen LogP contribution < -0.4 is 16.0 Å². The Morgan fingerprint density at radius 2 is 1.90 bits per heavy atom. The molecule has 1 heterocycles. The Labute approximate surface area is 170 Å². The van der Waals surface area contributed by atoms with Crippen LogP contribution in [-0.4, -0.2) is 33.9 Å². The smallest absolute Gasteiger partial charge is 0.431 e. The van der Waals surface area contributed by atoms with Gasteiger partial charge in [-0.05, 0) is 6.07 Å². The summed E-state index contributed by atoms with van der Waals surface area (Å²) in [5.41, 5.74) is -5.11. The summed E-state index contributed by atoms with van der Waals surface area (Å²) in [6.45, 7) is -0.465. The molecule has 13 heteroatoms. The average molecular weight is 453 g/mol. The van der Waals surface area contributed by atoms with Gasteiger partial charge in [-0.1, -0.05) is 11.6 Å². The molecule has 0 atom stereocenters. The molecule has 0 fully saturated rings. The summed E-state index contributed by atoms with van der Waals surface area (Å²) in [5.74, 6) is -2.94. The Balaban J connectivity index is 2.58. The second-order valence-electron chi connectivity index (χ2n) is 5.72. The predicted molar refractivity (Wildman–Crippen MR) is 95.5 cm³/mol. The number of aromatic nitrogens is 2. The van der Waals surface area contributed by atoms with Gasteiger partial charge in [0.1, 0.15) is 29.6 Å². The maximum atomic E-state index is 14.4. The van der Waals surface area contributed by atoms with Crippen molar-refractivity contribution < 1.29 is 36.9 Å². The SMILES string of the molecule is CO/C(=C\C(=O)O)COc1cc(-n2c(=O)cc(C(F)(F)F)n(C)c2=O)c(F)cc1Cl. The van der Waals surface area contributed by atoms with Crippen molar-refractivity contribution in [1.29, 1.82) is 0 Å². The van der Waals surface area contributed by atoms with Crippen LogP contribution >= 0.6 is 11.6 Å². The summed E-state index contributed by atoms with van der Waals surface area (Å²) in [7, 11) is 1.94. The number of hydrogen-bond acceptors (Lipinski definition) is 5. The van der Waals surface area contributed by atoms with Crippen LogP contribution in [0.5, 0.6) is 5.75 Å².